The summed E-state index contributed by atoms with van der Waals surface area (Å²) in [5.41, 5.74) is 0.427. The fourth-order valence-corrected chi connectivity index (χ4v) is 5.62. The predicted octanol–water partition coefficient (Wildman–Crippen LogP) is 0.980. The zero-order chi connectivity index (χ0) is 23.3. The summed E-state index contributed by atoms with van der Waals surface area (Å²) in [5, 5.41) is 26.5. The summed E-state index contributed by atoms with van der Waals surface area (Å²) in [5.74, 6) is 1.37. The molecule has 2 aliphatic rings. The minimum Gasteiger partial charge on any atom is -0.392 e. The zero-order valence-corrected chi connectivity index (χ0v) is 19.7. The lowest BCUT2D eigenvalue weighted by molar-refractivity contribution is 0.196. The molecule has 3 rings (SSSR count). The molecule has 0 spiro atoms. The molecular formula is C19H31ClN8O3S. The number of nitrogens with zero attached hydrogens (tertiary/aromatic N) is 3. The van der Waals surface area contributed by atoms with Crippen LogP contribution in [0.3, 0.4) is 0 Å². The highest BCUT2D eigenvalue weighted by Gasteiger charge is 2.44. The van der Waals surface area contributed by atoms with E-state index in [2.05, 4.69) is 30.6 Å². The summed E-state index contributed by atoms with van der Waals surface area (Å²) in [7, 11) is -3.40. The van der Waals surface area contributed by atoms with Crippen molar-refractivity contribution in [2.24, 2.45) is 11.8 Å². The van der Waals surface area contributed by atoms with Crippen molar-refractivity contribution in [2.75, 3.05) is 36.8 Å². The minimum atomic E-state index is -3.40. The Kier molecular flexibility index (Phi) is 8.28. The summed E-state index contributed by atoms with van der Waals surface area (Å²) >= 11 is 6.29. The van der Waals surface area contributed by atoms with Gasteiger partial charge in [0, 0.05) is 44.6 Å². The lowest BCUT2D eigenvalue weighted by atomic mass is 10.0. The van der Waals surface area contributed by atoms with Gasteiger partial charge in [-0.05, 0) is 31.6 Å². The first-order valence-corrected chi connectivity index (χ1v) is 12.5. The van der Waals surface area contributed by atoms with Crippen molar-refractivity contribution in [3.05, 3.63) is 23.1 Å². The molecule has 0 amide bonds. The number of allylic oxidation sites excluding steroid dienone is 1. The van der Waals surface area contributed by atoms with E-state index in [9.17, 15) is 13.5 Å². The van der Waals surface area contributed by atoms with E-state index in [1.807, 2.05) is 0 Å². The molecule has 6 N–H and O–H groups in total. The number of fused-ring (bicyclic) bond motifs is 1. The van der Waals surface area contributed by atoms with Crippen LogP contribution in [0.15, 0.2) is 18.1 Å². The summed E-state index contributed by atoms with van der Waals surface area (Å²) in [4.78, 5) is 8.60. The number of rotatable bonds is 11. The number of hydrogen-bond donors (Lipinski definition) is 6. The smallest absolute Gasteiger partial charge is 0.279 e. The standard InChI is InChI=1S/C19H31ClN8O3S/c1-3-24-32(30,31)28-10-13-4-15(5-14(13)11-28)25-18-17(20)9-23-19(27-18)26-16(6-21)8-22-7-12(2)29/h6,8-9,12-15,21-22,24,29H,3-5,7,10-11H2,1-2H3,(H2,23,25,26,27)/b16-8+,21-6?. The van der Waals surface area contributed by atoms with E-state index in [4.69, 9.17) is 17.0 Å². The third-order valence-electron chi connectivity index (χ3n) is 5.55. The van der Waals surface area contributed by atoms with Crippen LogP contribution in [-0.4, -0.2) is 72.3 Å². The molecule has 13 heteroatoms. The molecule has 0 bridgehead atoms. The van der Waals surface area contributed by atoms with Gasteiger partial charge in [-0.15, -0.1) is 0 Å². The van der Waals surface area contributed by atoms with Crippen molar-refractivity contribution >= 4 is 39.8 Å². The monoisotopic (exact) mass is 486 g/mol. The van der Waals surface area contributed by atoms with Crippen molar-refractivity contribution < 1.29 is 13.5 Å². The maximum absolute atomic E-state index is 12.3. The number of hydrogen-bond acceptors (Lipinski definition) is 9. The van der Waals surface area contributed by atoms with Gasteiger partial charge in [0.25, 0.3) is 10.2 Å². The first-order chi connectivity index (χ1) is 15.2. The summed E-state index contributed by atoms with van der Waals surface area (Å²) in [6.45, 7) is 5.21. The number of aliphatic hydroxyl groups is 1. The van der Waals surface area contributed by atoms with Gasteiger partial charge < -0.3 is 26.5 Å². The molecule has 3 atom stereocenters. The zero-order valence-electron chi connectivity index (χ0n) is 18.2. The van der Waals surface area contributed by atoms with Crippen LogP contribution in [0.2, 0.25) is 5.02 Å². The van der Waals surface area contributed by atoms with Crippen LogP contribution >= 0.6 is 11.6 Å². The second-order valence-corrected chi connectivity index (χ2v) is 10.3. The molecule has 1 saturated carbocycles. The van der Waals surface area contributed by atoms with Crippen LogP contribution in [0.5, 0.6) is 0 Å². The largest absolute Gasteiger partial charge is 0.392 e. The topological polar surface area (TPSA) is 155 Å². The Morgan fingerprint density at radius 1 is 1.41 bits per heavy atom. The highest BCUT2D eigenvalue weighted by Crippen LogP contribution is 2.40. The molecule has 1 aromatic rings. The first kappa shape index (κ1) is 24.6. The minimum absolute atomic E-state index is 0.139. The van der Waals surface area contributed by atoms with Crippen molar-refractivity contribution in [1.82, 2.24) is 24.3 Å². The molecule has 3 unspecified atom stereocenters. The van der Waals surface area contributed by atoms with Gasteiger partial charge in [-0.3, -0.25) is 0 Å². The normalized spacial score (nSPS) is 24.8. The van der Waals surface area contributed by atoms with Gasteiger partial charge in [0.2, 0.25) is 5.95 Å². The van der Waals surface area contributed by atoms with Crippen LogP contribution < -0.4 is 20.7 Å². The fraction of sp³-hybridized carbons (Fsp3) is 0.632. The van der Waals surface area contributed by atoms with Crippen molar-refractivity contribution in [3.63, 3.8) is 0 Å². The molecular weight excluding hydrogens is 456 g/mol. The maximum Gasteiger partial charge on any atom is 0.279 e. The average molecular weight is 487 g/mol. The molecule has 1 aliphatic carbocycles. The van der Waals surface area contributed by atoms with Crippen LogP contribution in [0, 0.1) is 17.2 Å². The predicted molar refractivity (Wildman–Crippen MR) is 125 cm³/mol. The number of anilines is 2. The van der Waals surface area contributed by atoms with Gasteiger partial charge in [-0.2, -0.15) is 17.7 Å². The van der Waals surface area contributed by atoms with Gasteiger partial charge in [0.1, 0.15) is 5.02 Å². The quantitative estimate of drug-likeness (QED) is 0.253. The Labute approximate surface area is 193 Å². The van der Waals surface area contributed by atoms with Crippen molar-refractivity contribution in [3.8, 4) is 0 Å². The lowest BCUT2D eigenvalue weighted by Crippen LogP contribution is -2.40. The van der Waals surface area contributed by atoms with E-state index >= 15 is 0 Å². The second-order valence-electron chi connectivity index (χ2n) is 8.17. The highest BCUT2D eigenvalue weighted by atomic mass is 35.5. The Balaban J connectivity index is 1.59. The number of aliphatic hydroxyl groups excluding tert-OH is 1. The van der Waals surface area contributed by atoms with E-state index in [-0.39, 0.29) is 12.0 Å². The Morgan fingerprint density at radius 2 is 2.09 bits per heavy atom. The highest BCUT2D eigenvalue weighted by molar-refractivity contribution is 7.87. The van der Waals surface area contributed by atoms with Gasteiger partial charge in [-0.25, -0.2) is 9.71 Å². The van der Waals surface area contributed by atoms with E-state index in [0.29, 0.717) is 54.6 Å². The summed E-state index contributed by atoms with van der Waals surface area (Å²) in [6, 6.07) is 0.139. The molecule has 1 saturated heterocycles. The van der Waals surface area contributed by atoms with Crippen molar-refractivity contribution in [2.45, 2.75) is 38.8 Å². The molecule has 11 nitrogen and oxygen atoms in total. The van der Waals surface area contributed by atoms with Gasteiger partial charge in [0.15, 0.2) is 5.82 Å². The molecule has 0 radical (unpaired) electrons. The maximum atomic E-state index is 12.3. The van der Waals surface area contributed by atoms with E-state index in [0.717, 1.165) is 19.1 Å². The Morgan fingerprint density at radius 3 is 2.69 bits per heavy atom. The third kappa shape index (κ3) is 6.29. The van der Waals surface area contributed by atoms with Crippen LogP contribution in [0.4, 0.5) is 11.8 Å². The van der Waals surface area contributed by atoms with Crippen LogP contribution in [0.25, 0.3) is 0 Å². The number of nitrogens with one attached hydrogen (secondary N) is 5. The fourth-order valence-electron chi connectivity index (χ4n) is 4.15. The molecule has 0 aromatic carbocycles. The molecule has 1 aliphatic heterocycles. The molecule has 178 valence electrons. The molecule has 32 heavy (non-hydrogen) atoms. The SMILES string of the molecule is CCNS(=O)(=O)N1CC2CC(Nc3nc(N/C(C=N)=C/NCC(C)O)ncc3Cl)CC2C1. The molecule has 2 fully saturated rings. The van der Waals surface area contributed by atoms with Gasteiger partial charge in [-0.1, -0.05) is 18.5 Å². The second kappa shape index (κ2) is 10.8. The number of halogens is 1. The Hall–Kier alpha value is -1.99. The van der Waals surface area contributed by atoms with Crippen LogP contribution in [0.1, 0.15) is 26.7 Å². The number of aromatic nitrogens is 2. The van der Waals surface area contributed by atoms with E-state index < -0.39 is 16.3 Å². The third-order valence-corrected chi connectivity index (χ3v) is 7.46. The molecule has 2 heterocycles. The van der Waals surface area contributed by atoms with Gasteiger partial charge in [0.05, 0.1) is 18.0 Å². The molecule has 1 aromatic heterocycles. The first-order valence-electron chi connectivity index (χ1n) is 10.6. The Bertz CT molecular complexity index is 929. The average Bonchev–Trinajstić information content (AvgIpc) is 3.28. The summed E-state index contributed by atoms with van der Waals surface area (Å²) < 4.78 is 28.6. The van der Waals surface area contributed by atoms with Gasteiger partial charge >= 0.3 is 0 Å². The lowest BCUT2D eigenvalue weighted by Gasteiger charge is -2.20. The van der Waals surface area contributed by atoms with Crippen molar-refractivity contribution in [1.29, 1.82) is 5.41 Å². The van der Waals surface area contributed by atoms with E-state index in [1.54, 1.807) is 24.4 Å². The summed E-state index contributed by atoms with van der Waals surface area (Å²) in [6.07, 6.45) is 5.33. The van der Waals surface area contributed by atoms with Crippen LogP contribution in [-0.2, 0) is 10.2 Å². The van der Waals surface area contributed by atoms with E-state index in [1.165, 1.54) is 6.20 Å².